The summed E-state index contributed by atoms with van der Waals surface area (Å²) in [6.45, 7) is 4.72. The van der Waals surface area contributed by atoms with Crippen molar-refractivity contribution in [2.24, 2.45) is 0 Å². The lowest BCUT2D eigenvalue weighted by Gasteiger charge is -2.37. The minimum Gasteiger partial charge on any atom is -0.389 e. The minimum atomic E-state index is -4.84. The second-order valence-electron chi connectivity index (χ2n) is 10.8. The van der Waals surface area contributed by atoms with E-state index < -0.39 is 35.1 Å². The third-order valence-corrected chi connectivity index (χ3v) is 7.96. The number of halogens is 4. The summed E-state index contributed by atoms with van der Waals surface area (Å²) in [5, 5.41) is 21.0. The van der Waals surface area contributed by atoms with Gasteiger partial charge in [-0.25, -0.2) is 13.9 Å². The monoisotopic (exact) mass is 548 g/mol. The number of aromatic nitrogens is 3. The van der Waals surface area contributed by atoms with Crippen LogP contribution in [0.15, 0.2) is 36.8 Å². The van der Waals surface area contributed by atoms with Crippen LogP contribution in [-0.2, 0) is 6.18 Å². The number of amides is 1. The minimum absolute atomic E-state index is 0.0768. The maximum Gasteiger partial charge on any atom is 0.419 e. The van der Waals surface area contributed by atoms with Crippen molar-refractivity contribution in [3.8, 4) is 0 Å². The van der Waals surface area contributed by atoms with Gasteiger partial charge in [0.2, 0.25) is 0 Å². The molecule has 3 atom stereocenters. The quantitative estimate of drug-likeness (QED) is 0.399. The lowest BCUT2D eigenvalue weighted by Crippen LogP contribution is -2.52. The predicted octanol–water partition coefficient (Wildman–Crippen LogP) is 4.24. The standard InChI is InChI=1S/C27H32F4N6O2/c1-16(19-5-3-6-20(23(19)28)27(29,30)31)34-25(38)17-13-21(24-32-15-33-37(24)14-17)36-11-8-18(9-12-36)35-22-7-4-10-26(22,2)39/h3,5-6,13-16,18,22,35,39H,4,7-12H2,1-2H3,(H,34,38)/t16-,22?,26+/m1/s1. The molecule has 5 rings (SSSR count). The number of aliphatic hydroxyl groups is 1. The number of alkyl halides is 3. The van der Waals surface area contributed by atoms with E-state index in [9.17, 15) is 27.5 Å². The van der Waals surface area contributed by atoms with Crippen LogP contribution in [0.1, 0.15) is 73.5 Å². The predicted molar refractivity (Wildman–Crippen MR) is 137 cm³/mol. The molecule has 1 aliphatic carbocycles. The van der Waals surface area contributed by atoms with Gasteiger partial charge in [0.15, 0.2) is 5.65 Å². The molecule has 39 heavy (non-hydrogen) atoms. The van der Waals surface area contributed by atoms with Crippen molar-refractivity contribution in [3.63, 3.8) is 0 Å². The Morgan fingerprint density at radius 2 is 1.97 bits per heavy atom. The molecule has 1 aliphatic heterocycles. The molecule has 3 N–H and O–H groups in total. The summed E-state index contributed by atoms with van der Waals surface area (Å²) in [6, 6.07) is 4.04. The Hall–Kier alpha value is -3.25. The number of nitrogens with zero attached hydrogens (tertiary/aromatic N) is 4. The van der Waals surface area contributed by atoms with Gasteiger partial charge < -0.3 is 20.6 Å². The fourth-order valence-corrected chi connectivity index (χ4v) is 5.71. The summed E-state index contributed by atoms with van der Waals surface area (Å²) >= 11 is 0. The van der Waals surface area contributed by atoms with Gasteiger partial charge in [-0.05, 0) is 58.1 Å². The number of hydrogen-bond acceptors (Lipinski definition) is 6. The summed E-state index contributed by atoms with van der Waals surface area (Å²) in [5.41, 5.74) is -0.805. The van der Waals surface area contributed by atoms with Crippen molar-refractivity contribution in [1.82, 2.24) is 25.2 Å². The van der Waals surface area contributed by atoms with Gasteiger partial charge in [0.1, 0.15) is 12.1 Å². The summed E-state index contributed by atoms with van der Waals surface area (Å²) in [7, 11) is 0. The summed E-state index contributed by atoms with van der Waals surface area (Å²) < 4.78 is 55.6. The van der Waals surface area contributed by atoms with Gasteiger partial charge in [-0.1, -0.05) is 12.1 Å². The van der Waals surface area contributed by atoms with Gasteiger partial charge >= 0.3 is 6.18 Å². The first-order valence-corrected chi connectivity index (χ1v) is 13.2. The lowest BCUT2D eigenvalue weighted by atomic mass is 9.97. The summed E-state index contributed by atoms with van der Waals surface area (Å²) in [6.07, 6.45) is 2.47. The van der Waals surface area contributed by atoms with E-state index in [4.69, 9.17) is 0 Å². The number of anilines is 1. The van der Waals surface area contributed by atoms with Gasteiger partial charge in [-0.3, -0.25) is 4.79 Å². The van der Waals surface area contributed by atoms with Crippen molar-refractivity contribution in [2.45, 2.75) is 75.9 Å². The zero-order valence-corrected chi connectivity index (χ0v) is 21.8. The topological polar surface area (TPSA) is 94.8 Å². The molecule has 3 aromatic rings. The highest BCUT2D eigenvalue weighted by atomic mass is 19.4. The molecule has 0 spiro atoms. The first-order chi connectivity index (χ1) is 18.4. The molecule has 0 bridgehead atoms. The first-order valence-electron chi connectivity index (χ1n) is 13.2. The Balaban J connectivity index is 1.31. The lowest BCUT2D eigenvalue weighted by molar-refractivity contribution is -0.140. The largest absolute Gasteiger partial charge is 0.419 e. The van der Waals surface area contributed by atoms with E-state index in [0.717, 1.165) is 38.2 Å². The van der Waals surface area contributed by atoms with Crippen LogP contribution in [0.3, 0.4) is 0 Å². The molecular formula is C27H32F4N6O2. The number of nitrogens with one attached hydrogen (secondary N) is 2. The van der Waals surface area contributed by atoms with E-state index in [1.165, 1.54) is 30.0 Å². The van der Waals surface area contributed by atoms with E-state index >= 15 is 0 Å². The fourth-order valence-electron chi connectivity index (χ4n) is 5.71. The van der Waals surface area contributed by atoms with Gasteiger partial charge in [-0.2, -0.15) is 18.3 Å². The Morgan fingerprint density at radius 3 is 2.64 bits per heavy atom. The Labute approximate surface area is 223 Å². The van der Waals surface area contributed by atoms with E-state index in [1.54, 1.807) is 6.07 Å². The normalized spacial score (nSPS) is 23.4. The molecule has 210 valence electrons. The molecule has 2 fully saturated rings. The molecule has 12 heteroatoms. The zero-order valence-electron chi connectivity index (χ0n) is 21.8. The highest BCUT2D eigenvalue weighted by Gasteiger charge is 2.38. The third kappa shape index (κ3) is 5.58. The van der Waals surface area contributed by atoms with Crippen LogP contribution in [0.5, 0.6) is 0 Å². The van der Waals surface area contributed by atoms with Crippen LogP contribution in [0.25, 0.3) is 5.65 Å². The van der Waals surface area contributed by atoms with Crippen molar-refractivity contribution in [2.75, 3.05) is 18.0 Å². The number of piperidine rings is 1. The molecule has 0 radical (unpaired) electrons. The van der Waals surface area contributed by atoms with Gasteiger partial charge in [0.05, 0.1) is 28.5 Å². The maximum atomic E-state index is 14.6. The summed E-state index contributed by atoms with van der Waals surface area (Å²) in [4.78, 5) is 19.6. The molecule has 1 unspecified atom stereocenters. The Kier molecular flexibility index (Phi) is 7.27. The van der Waals surface area contributed by atoms with Crippen LogP contribution in [0.2, 0.25) is 0 Å². The van der Waals surface area contributed by atoms with E-state index in [2.05, 4.69) is 25.6 Å². The number of benzene rings is 1. The second-order valence-corrected chi connectivity index (χ2v) is 10.8. The van der Waals surface area contributed by atoms with E-state index in [1.807, 2.05) is 6.92 Å². The Bertz CT molecular complexity index is 1350. The van der Waals surface area contributed by atoms with Crippen molar-refractivity contribution < 1.29 is 27.5 Å². The Morgan fingerprint density at radius 1 is 1.23 bits per heavy atom. The molecule has 2 aliphatic rings. The first kappa shape index (κ1) is 27.3. The number of rotatable bonds is 6. The highest BCUT2D eigenvalue weighted by Crippen LogP contribution is 2.34. The number of pyridine rings is 1. The van der Waals surface area contributed by atoms with Crippen LogP contribution < -0.4 is 15.5 Å². The van der Waals surface area contributed by atoms with Crippen LogP contribution in [-0.4, -0.2) is 56.4 Å². The molecule has 8 nitrogen and oxygen atoms in total. The fraction of sp³-hybridized carbons (Fsp3) is 0.519. The molecule has 2 aromatic heterocycles. The van der Waals surface area contributed by atoms with Crippen LogP contribution >= 0.6 is 0 Å². The second kappa shape index (κ2) is 10.4. The van der Waals surface area contributed by atoms with Crippen molar-refractivity contribution in [1.29, 1.82) is 0 Å². The average Bonchev–Trinajstić information content (AvgIpc) is 3.49. The van der Waals surface area contributed by atoms with E-state index in [0.29, 0.717) is 30.5 Å². The van der Waals surface area contributed by atoms with Gasteiger partial charge in [-0.15, -0.1) is 0 Å². The molecule has 1 saturated carbocycles. The van der Waals surface area contributed by atoms with Crippen LogP contribution in [0.4, 0.5) is 23.2 Å². The molecule has 1 aromatic carbocycles. The number of hydrogen-bond donors (Lipinski definition) is 3. The van der Waals surface area contributed by atoms with Crippen molar-refractivity contribution >= 4 is 17.2 Å². The number of carbonyl (C=O) groups excluding carboxylic acids is 1. The van der Waals surface area contributed by atoms with Crippen molar-refractivity contribution in [3.05, 3.63) is 59.3 Å². The highest BCUT2D eigenvalue weighted by molar-refractivity contribution is 5.96. The molecule has 1 saturated heterocycles. The smallest absolute Gasteiger partial charge is 0.389 e. The summed E-state index contributed by atoms with van der Waals surface area (Å²) in [5.74, 6) is -1.97. The SMILES string of the molecule is C[C@@H](NC(=O)c1cc(N2CCC(NC3CCC[C@]3(C)O)CC2)c2ncnn2c1)c1cccc(C(F)(F)F)c1F. The molecule has 1 amide bonds. The maximum absolute atomic E-state index is 14.6. The third-order valence-electron chi connectivity index (χ3n) is 7.96. The zero-order chi connectivity index (χ0) is 27.9. The molecule has 3 heterocycles. The molecular weight excluding hydrogens is 516 g/mol. The van der Waals surface area contributed by atoms with Gasteiger partial charge in [0.25, 0.3) is 5.91 Å². The van der Waals surface area contributed by atoms with Crippen LogP contribution in [0, 0.1) is 5.82 Å². The van der Waals surface area contributed by atoms with Gasteiger partial charge in [0, 0.05) is 36.9 Å². The number of fused-ring (bicyclic) bond motifs is 1. The average molecular weight is 549 g/mol. The van der Waals surface area contributed by atoms with E-state index in [-0.39, 0.29) is 23.2 Å². The number of carbonyl (C=O) groups is 1.